The van der Waals surface area contributed by atoms with Gasteiger partial charge in [-0.05, 0) is 47.0 Å². The van der Waals surface area contributed by atoms with Gasteiger partial charge in [-0.15, -0.1) is 0 Å². The summed E-state index contributed by atoms with van der Waals surface area (Å²) in [4.78, 5) is 0.279. The Balaban J connectivity index is 3.19. The fourth-order valence-electron chi connectivity index (χ4n) is 1.86. The van der Waals surface area contributed by atoms with E-state index in [-0.39, 0.29) is 10.9 Å². The predicted molar refractivity (Wildman–Crippen MR) is 81.4 cm³/mol. The number of hydrogen-bond acceptors (Lipinski definition) is 3. The fourth-order valence-corrected chi connectivity index (χ4v) is 4.23. The largest absolute Gasteiger partial charge is 0.326 e. The Hall–Kier alpha value is -0.430. The molecule has 0 aliphatic heterocycles. The highest BCUT2D eigenvalue weighted by molar-refractivity contribution is 9.10. The van der Waals surface area contributed by atoms with Crippen molar-refractivity contribution in [2.75, 3.05) is 7.05 Å². The number of benzene rings is 1. The van der Waals surface area contributed by atoms with Gasteiger partial charge in [0.1, 0.15) is 0 Å². The van der Waals surface area contributed by atoms with Crippen molar-refractivity contribution >= 4 is 26.0 Å². The molecule has 0 heterocycles. The lowest BCUT2D eigenvalue weighted by Crippen LogP contribution is -2.35. The highest BCUT2D eigenvalue weighted by Gasteiger charge is 2.27. The van der Waals surface area contributed by atoms with Gasteiger partial charge in [0.25, 0.3) is 0 Å². The van der Waals surface area contributed by atoms with Crippen LogP contribution in [-0.4, -0.2) is 25.8 Å². The van der Waals surface area contributed by atoms with Gasteiger partial charge in [0.15, 0.2) is 0 Å². The van der Waals surface area contributed by atoms with Crippen LogP contribution >= 0.6 is 15.9 Å². The molecule has 1 atom stereocenters. The van der Waals surface area contributed by atoms with Crippen molar-refractivity contribution in [1.29, 1.82) is 0 Å². The zero-order chi connectivity index (χ0) is 14.6. The van der Waals surface area contributed by atoms with Crippen LogP contribution < -0.4 is 5.73 Å². The molecule has 0 aliphatic rings. The highest BCUT2D eigenvalue weighted by Crippen LogP contribution is 2.27. The maximum absolute atomic E-state index is 12.6. The van der Waals surface area contributed by atoms with Crippen LogP contribution in [-0.2, 0) is 16.6 Å². The van der Waals surface area contributed by atoms with Gasteiger partial charge >= 0.3 is 0 Å². The molecule has 0 fully saturated rings. The number of hydrogen-bond donors (Lipinski definition) is 1. The zero-order valence-corrected chi connectivity index (χ0v) is 14.0. The minimum absolute atomic E-state index is 0.0246. The van der Waals surface area contributed by atoms with Gasteiger partial charge in [0, 0.05) is 24.1 Å². The van der Waals surface area contributed by atoms with Crippen LogP contribution in [0, 0.1) is 0 Å². The molecule has 19 heavy (non-hydrogen) atoms. The Morgan fingerprint density at radius 2 is 2.05 bits per heavy atom. The standard InChI is InChI=1S/C13H21BrN2O2S/c1-4-5-10(2)16(3)19(17,18)13-8-11(9-15)6-7-12(13)14/h6-8,10H,4-5,9,15H2,1-3H3. The summed E-state index contributed by atoms with van der Waals surface area (Å²) < 4.78 is 27.2. The van der Waals surface area contributed by atoms with E-state index in [4.69, 9.17) is 5.73 Å². The van der Waals surface area contributed by atoms with E-state index in [1.807, 2.05) is 19.9 Å². The molecule has 6 heteroatoms. The number of nitrogens with zero attached hydrogens (tertiary/aromatic N) is 1. The molecule has 0 aliphatic carbocycles. The molecule has 4 nitrogen and oxygen atoms in total. The third kappa shape index (κ3) is 3.78. The van der Waals surface area contributed by atoms with E-state index >= 15 is 0 Å². The van der Waals surface area contributed by atoms with Gasteiger partial charge in [-0.1, -0.05) is 19.4 Å². The molecule has 1 unspecified atom stereocenters. The van der Waals surface area contributed by atoms with Crippen LogP contribution in [0.3, 0.4) is 0 Å². The van der Waals surface area contributed by atoms with Gasteiger partial charge in [0.2, 0.25) is 10.0 Å². The molecule has 2 N–H and O–H groups in total. The van der Waals surface area contributed by atoms with Crippen LogP contribution in [0.2, 0.25) is 0 Å². The fraction of sp³-hybridized carbons (Fsp3) is 0.538. The lowest BCUT2D eigenvalue weighted by Gasteiger charge is -2.24. The van der Waals surface area contributed by atoms with Crippen LogP contribution in [0.15, 0.2) is 27.6 Å². The molecular weight excluding hydrogens is 328 g/mol. The van der Waals surface area contributed by atoms with Gasteiger partial charge in [0.05, 0.1) is 4.90 Å². The second-order valence-electron chi connectivity index (χ2n) is 4.63. The van der Waals surface area contributed by atoms with Crippen molar-refractivity contribution in [3.63, 3.8) is 0 Å². The van der Waals surface area contributed by atoms with Crippen molar-refractivity contribution < 1.29 is 8.42 Å². The van der Waals surface area contributed by atoms with Gasteiger partial charge in [-0.2, -0.15) is 4.31 Å². The Bertz CT molecular complexity index is 531. The molecule has 0 saturated heterocycles. The first kappa shape index (κ1) is 16.6. The summed E-state index contributed by atoms with van der Waals surface area (Å²) in [6, 6.07) is 5.16. The van der Waals surface area contributed by atoms with Crippen LogP contribution in [0.25, 0.3) is 0 Å². The Kier molecular flexibility index (Phi) is 5.98. The van der Waals surface area contributed by atoms with Gasteiger partial charge in [-0.3, -0.25) is 0 Å². The smallest absolute Gasteiger partial charge is 0.244 e. The molecule has 0 amide bonds. The molecule has 0 spiro atoms. The van der Waals surface area contributed by atoms with E-state index in [0.717, 1.165) is 18.4 Å². The molecule has 0 radical (unpaired) electrons. The maximum Gasteiger partial charge on any atom is 0.244 e. The topological polar surface area (TPSA) is 63.4 Å². The maximum atomic E-state index is 12.6. The molecule has 1 aromatic carbocycles. The van der Waals surface area contributed by atoms with E-state index in [2.05, 4.69) is 15.9 Å². The van der Waals surface area contributed by atoms with Crippen LogP contribution in [0.1, 0.15) is 32.3 Å². The van der Waals surface area contributed by atoms with E-state index in [1.54, 1.807) is 19.2 Å². The van der Waals surface area contributed by atoms with Crippen molar-refractivity contribution in [2.24, 2.45) is 5.73 Å². The average molecular weight is 349 g/mol. The number of nitrogens with two attached hydrogens (primary N) is 1. The predicted octanol–water partition coefficient (Wildman–Crippen LogP) is 2.72. The molecular formula is C13H21BrN2O2S. The Morgan fingerprint density at radius 1 is 1.42 bits per heavy atom. The Labute approximate surface area is 124 Å². The van der Waals surface area contributed by atoms with E-state index in [0.29, 0.717) is 11.0 Å². The van der Waals surface area contributed by atoms with Crippen molar-refractivity contribution in [3.8, 4) is 0 Å². The summed E-state index contributed by atoms with van der Waals surface area (Å²) in [5, 5.41) is 0. The Morgan fingerprint density at radius 3 is 2.58 bits per heavy atom. The molecule has 108 valence electrons. The van der Waals surface area contributed by atoms with Crippen molar-refractivity contribution in [3.05, 3.63) is 28.2 Å². The summed E-state index contributed by atoms with van der Waals surface area (Å²) in [5.41, 5.74) is 6.38. The van der Waals surface area contributed by atoms with E-state index in [1.165, 1.54) is 4.31 Å². The summed E-state index contributed by atoms with van der Waals surface area (Å²) in [5.74, 6) is 0. The molecule has 0 bridgehead atoms. The highest BCUT2D eigenvalue weighted by atomic mass is 79.9. The number of sulfonamides is 1. The van der Waals surface area contributed by atoms with Crippen LogP contribution in [0.5, 0.6) is 0 Å². The first-order chi connectivity index (χ1) is 8.84. The summed E-state index contributed by atoms with van der Waals surface area (Å²) in [7, 11) is -1.87. The first-order valence-corrected chi connectivity index (χ1v) is 8.54. The lowest BCUT2D eigenvalue weighted by atomic mass is 10.2. The second-order valence-corrected chi connectivity index (χ2v) is 7.45. The second kappa shape index (κ2) is 6.83. The van der Waals surface area contributed by atoms with Crippen LogP contribution in [0.4, 0.5) is 0 Å². The van der Waals surface area contributed by atoms with Gasteiger partial charge in [-0.25, -0.2) is 8.42 Å². The lowest BCUT2D eigenvalue weighted by molar-refractivity contribution is 0.368. The summed E-state index contributed by atoms with van der Waals surface area (Å²) >= 11 is 3.31. The molecule has 0 saturated carbocycles. The number of halogens is 1. The summed E-state index contributed by atoms with van der Waals surface area (Å²) in [6.45, 7) is 4.29. The first-order valence-electron chi connectivity index (χ1n) is 6.31. The zero-order valence-electron chi connectivity index (χ0n) is 11.6. The normalized spacial score (nSPS) is 13.8. The monoisotopic (exact) mass is 348 g/mol. The molecule has 1 rings (SSSR count). The summed E-state index contributed by atoms with van der Waals surface area (Å²) in [6.07, 6.45) is 1.79. The van der Waals surface area contributed by atoms with E-state index < -0.39 is 10.0 Å². The van der Waals surface area contributed by atoms with Crippen molar-refractivity contribution in [2.45, 2.75) is 44.2 Å². The minimum Gasteiger partial charge on any atom is -0.326 e. The third-order valence-corrected chi connectivity index (χ3v) is 6.18. The minimum atomic E-state index is -3.49. The molecule has 0 aromatic heterocycles. The SMILES string of the molecule is CCCC(C)N(C)S(=O)(=O)c1cc(CN)ccc1Br. The van der Waals surface area contributed by atoms with E-state index in [9.17, 15) is 8.42 Å². The average Bonchev–Trinajstić information content (AvgIpc) is 2.38. The van der Waals surface area contributed by atoms with Gasteiger partial charge < -0.3 is 5.73 Å². The molecule has 1 aromatic rings. The third-order valence-electron chi connectivity index (χ3n) is 3.22. The van der Waals surface area contributed by atoms with Crippen molar-refractivity contribution in [1.82, 2.24) is 4.31 Å². The number of rotatable bonds is 6. The quantitative estimate of drug-likeness (QED) is 0.859.